The number of nitro groups is 1. The zero-order valence-electron chi connectivity index (χ0n) is 11.6. The van der Waals surface area contributed by atoms with Crippen LogP contribution in [0.5, 0.6) is 0 Å². The lowest BCUT2D eigenvalue weighted by Gasteiger charge is -2.24. The van der Waals surface area contributed by atoms with E-state index in [1.807, 2.05) is 6.92 Å². The lowest BCUT2D eigenvalue weighted by Crippen LogP contribution is -2.43. The molecule has 0 saturated heterocycles. The lowest BCUT2D eigenvalue weighted by atomic mass is 10.0. The molecule has 0 unspecified atom stereocenters. The van der Waals surface area contributed by atoms with Gasteiger partial charge in [0, 0.05) is 11.6 Å². The summed E-state index contributed by atoms with van der Waals surface area (Å²) in [6.07, 6.45) is 3.46. The molecule has 0 atom stereocenters. The molecule has 21 heavy (non-hydrogen) atoms. The molecule has 8 nitrogen and oxygen atoms in total. The van der Waals surface area contributed by atoms with Crippen molar-refractivity contribution in [2.24, 2.45) is 5.84 Å². The summed E-state index contributed by atoms with van der Waals surface area (Å²) in [5.41, 5.74) is 1.37. The number of hydrogen-bond acceptors (Lipinski definition) is 6. The third-order valence-electron chi connectivity index (χ3n) is 3.72. The van der Waals surface area contributed by atoms with Crippen molar-refractivity contribution in [2.75, 3.05) is 5.43 Å². The van der Waals surface area contributed by atoms with Crippen LogP contribution in [0.2, 0.25) is 0 Å². The number of nitrogens with zero attached hydrogens (tertiary/aromatic N) is 1. The molecule has 1 saturated carbocycles. The second-order valence-corrected chi connectivity index (χ2v) is 7.14. The third-order valence-corrected chi connectivity index (χ3v) is 5.36. The fourth-order valence-corrected chi connectivity index (χ4v) is 4.08. The van der Waals surface area contributed by atoms with Gasteiger partial charge in [0.2, 0.25) is 10.0 Å². The van der Waals surface area contributed by atoms with E-state index in [4.69, 9.17) is 5.84 Å². The van der Waals surface area contributed by atoms with Crippen LogP contribution in [0.3, 0.4) is 0 Å². The number of nitrogens with two attached hydrogens (primary N) is 1. The van der Waals surface area contributed by atoms with Crippen LogP contribution in [0.15, 0.2) is 23.1 Å². The Labute approximate surface area is 122 Å². The molecule has 0 radical (unpaired) electrons. The van der Waals surface area contributed by atoms with Crippen LogP contribution in [-0.2, 0) is 10.0 Å². The Bertz CT molecular complexity index is 653. The molecule has 1 aliphatic carbocycles. The van der Waals surface area contributed by atoms with E-state index in [0.29, 0.717) is 0 Å². The molecule has 1 fully saturated rings. The van der Waals surface area contributed by atoms with Crippen molar-refractivity contribution >= 4 is 21.4 Å². The van der Waals surface area contributed by atoms with Crippen LogP contribution < -0.4 is 16.0 Å². The topological polar surface area (TPSA) is 127 Å². The highest BCUT2D eigenvalue weighted by Crippen LogP contribution is 2.32. The summed E-state index contributed by atoms with van der Waals surface area (Å²) >= 11 is 0. The van der Waals surface area contributed by atoms with Crippen molar-refractivity contribution < 1.29 is 13.3 Å². The van der Waals surface area contributed by atoms with Gasteiger partial charge in [-0.1, -0.05) is 12.8 Å². The van der Waals surface area contributed by atoms with Crippen LogP contribution in [0.1, 0.15) is 32.6 Å². The summed E-state index contributed by atoms with van der Waals surface area (Å²) < 4.78 is 27.4. The summed E-state index contributed by atoms with van der Waals surface area (Å²) in [4.78, 5) is 10.1. The van der Waals surface area contributed by atoms with Crippen LogP contribution in [0.4, 0.5) is 11.4 Å². The summed E-state index contributed by atoms with van der Waals surface area (Å²) in [5, 5.41) is 11.0. The number of hydrazine groups is 1. The van der Waals surface area contributed by atoms with E-state index < -0.39 is 20.5 Å². The zero-order chi connectivity index (χ0) is 15.7. The minimum atomic E-state index is -3.81. The lowest BCUT2D eigenvalue weighted by molar-refractivity contribution is -0.384. The molecule has 9 heteroatoms. The van der Waals surface area contributed by atoms with Crippen molar-refractivity contribution in [2.45, 2.75) is 43.0 Å². The highest BCUT2D eigenvalue weighted by molar-refractivity contribution is 7.89. The maximum absolute atomic E-state index is 12.4. The van der Waals surface area contributed by atoms with Gasteiger partial charge in [0.15, 0.2) is 0 Å². The SMILES string of the molecule is CC1(NS(=O)(=O)c2ccc(NN)c([N+](=O)[O-])c2)CCCC1. The number of nitrogens with one attached hydrogen (secondary N) is 2. The van der Waals surface area contributed by atoms with E-state index in [9.17, 15) is 18.5 Å². The molecule has 4 N–H and O–H groups in total. The highest BCUT2D eigenvalue weighted by atomic mass is 32.2. The second-order valence-electron chi connectivity index (χ2n) is 5.45. The second kappa shape index (κ2) is 5.58. The van der Waals surface area contributed by atoms with Gasteiger partial charge in [-0.05, 0) is 31.9 Å². The minimum Gasteiger partial charge on any atom is -0.318 e. The van der Waals surface area contributed by atoms with Crippen molar-refractivity contribution in [3.63, 3.8) is 0 Å². The van der Waals surface area contributed by atoms with Gasteiger partial charge < -0.3 is 5.43 Å². The molecule has 0 spiro atoms. The molecule has 1 aromatic rings. The van der Waals surface area contributed by atoms with E-state index >= 15 is 0 Å². The summed E-state index contributed by atoms with van der Waals surface area (Å²) in [5.74, 6) is 5.18. The Morgan fingerprint density at radius 3 is 2.48 bits per heavy atom. The zero-order valence-corrected chi connectivity index (χ0v) is 12.4. The van der Waals surface area contributed by atoms with Crippen LogP contribution in [0, 0.1) is 10.1 Å². The number of benzene rings is 1. The number of nitro benzene ring substituents is 1. The molecular weight excluding hydrogens is 296 g/mol. The maximum Gasteiger partial charge on any atom is 0.294 e. The first-order valence-electron chi connectivity index (χ1n) is 6.56. The number of hydrogen-bond donors (Lipinski definition) is 3. The summed E-state index contributed by atoms with van der Waals surface area (Å²) in [6, 6.07) is 3.59. The summed E-state index contributed by atoms with van der Waals surface area (Å²) in [7, 11) is -3.81. The monoisotopic (exact) mass is 314 g/mol. The van der Waals surface area contributed by atoms with Gasteiger partial charge in [0.25, 0.3) is 5.69 Å². The van der Waals surface area contributed by atoms with Gasteiger partial charge in [-0.3, -0.25) is 16.0 Å². The fraction of sp³-hybridized carbons (Fsp3) is 0.500. The number of rotatable bonds is 5. The first-order valence-corrected chi connectivity index (χ1v) is 8.05. The van der Waals surface area contributed by atoms with Gasteiger partial charge in [-0.25, -0.2) is 13.1 Å². The van der Waals surface area contributed by atoms with Gasteiger partial charge in [0.05, 0.1) is 9.82 Å². The molecule has 0 aromatic heterocycles. The normalized spacial score (nSPS) is 17.6. The van der Waals surface area contributed by atoms with Gasteiger partial charge in [-0.2, -0.15) is 0 Å². The Balaban J connectivity index is 2.36. The Morgan fingerprint density at radius 1 is 1.33 bits per heavy atom. The Morgan fingerprint density at radius 2 is 1.95 bits per heavy atom. The largest absolute Gasteiger partial charge is 0.318 e. The predicted octanol–water partition coefficient (Wildman–Crippen LogP) is 1.49. The van der Waals surface area contributed by atoms with E-state index in [1.165, 1.54) is 12.1 Å². The maximum atomic E-state index is 12.4. The Kier molecular flexibility index (Phi) is 4.17. The van der Waals surface area contributed by atoms with E-state index in [-0.39, 0.29) is 16.3 Å². The van der Waals surface area contributed by atoms with Gasteiger partial charge in [0.1, 0.15) is 5.69 Å². The first kappa shape index (κ1) is 15.7. The predicted molar refractivity (Wildman–Crippen MR) is 78.1 cm³/mol. The molecule has 0 amide bonds. The molecule has 0 heterocycles. The quantitative estimate of drug-likeness (QED) is 0.429. The number of nitrogen functional groups attached to an aromatic ring is 1. The fourth-order valence-electron chi connectivity index (χ4n) is 2.59. The highest BCUT2D eigenvalue weighted by Gasteiger charge is 2.34. The molecule has 1 aliphatic rings. The van der Waals surface area contributed by atoms with Crippen LogP contribution in [-0.4, -0.2) is 18.9 Å². The minimum absolute atomic E-state index is 0.0611. The van der Waals surface area contributed by atoms with Crippen molar-refractivity contribution in [1.29, 1.82) is 0 Å². The van der Waals surface area contributed by atoms with Crippen molar-refractivity contribution in [3.05, 3.63) is 28.3 Å². The number of sulfonamides is 1. The smallest absolute Gasteiger partial charge is 0.294 e. The molecule has 1 aromatic carbocycles. The molecular formula is C12H18N4O4S. The number of anilines is 1. The average Bonchev–Trinajstić information content (AvgIpc) is 2.83. The first-order chi connectivity index (χ1) is 9.77. The third kappa shape index (κ3) is 3.31. The van der Waals surface area contributed by atoms with Gasteiger partial charge >= 0.3 is 0 Å². The Hall–Kier alpha value is -1.71. The van der Waals surface area contributed by atoms with Crippen molar-refractivity contribution in [3.8, 4) is 0 Å². The van der Waals surface area contributed by atoms with Gasteiger partial charge in [-0.15, -0.1) is 0 Å². The standard InChI is InChI=1S/C12H18N4O4S/c1-12(6-2-3-7-12)15-21(19,20)9-4-5-10(14-13)11(8-9)16(17)18/h4-5,8,14-15H,2-3,6-7,13H2,1H3. The van der Waals surface area contributed by atoms with E-state index in [0.717, 1.165) is 31.7 Å². The van der Waals surface area contributed by atoms with E-state index in [1.54, 1.807) is 0 Å². The molecule has 116 valence electrons. The van der Waals surface area contributed by atoms with E-state index in [2.05, 4.69) is 10.1 Å². The van der Waals surface area contributed by atoms with Crippen molar-refractivity contribution in [1.82, 2.24) is 4.72 Å². The van der Waals surface area contributed by atoms with Crippen LogP contribution >= 0.6 is 0 Å². The summed E-state index contributed by atoms with van der Waals surface area (Å²) in [6.45, 7) is 1.85. The average molecular weight is 314 g/mol. The molecule has 2 rings (SSSR count). The molecule has 0 bridgehead atoms. The van der Waals surface area contributed by atoms with Crippen LogP contribution in [0.25, 0.3) is 0 Å². The molecule has 0 aliphatic heterocycles.